The van der Waals surface area contributed by atoms with E-state index in [1.165, 1.54) is 0 Å². The summed E-state index contributed by atoms with van der Waals surface area (Å²) in [5.41, 5.74) is 5.97. The Kier molecular flexibility index (Phi) is 4.67. The molecule has 0 saturated carbocycles. The minimum atomic E-state index is -1.53. The molecule has 0 bridgehead atoms. The number of thiocarbonyl (C=S) groups is 2. The zero-order valence-corrected chi connectivity index (χ0v) is 18.1. The topological polar surface area (TPSA) is 97.5 Å². The average molecular weight is 471 g/mol. The molecule has 11 heteroatoms. The Morgan fingerprint density at radius 2 is 1.68 bits per heavy atom. The van der Waals surface area contributed by atoms with Crippen LogP contribution in [0.15, 0.2) is 65.9 Å². The largest absolute Gasteiger partial charge is 0.351 e. The predicted molar refractivity (Wildman–Crippen MR) is 124 cm³/mol. The van der Waals surface area contributed by atoms with E-state index in [1.54, 1.807) is 48.5 Å². The fourth-order valence-electron chi connectivity index (χ4n) is 3.91. The summed E-state index contributed by atoms with van der Waals surface area (Å²) in [5.74, 6) is -1.01. The third-order valence-corrected chi connectivity index (χ3v) is 5.96. The van der Waals surface area contributed by atoms with Crippen LogP contribution in [0.5, 0.6) is 0 Å². The Hall–Kier alpha value is -3.05. The number of fused-ring (bicyclic) bond motifs is 1. The molecule has 3 aliphatic heterocycles. The number of carbonyl (C=O) groups excluding carboxylic acids is 2. The number of benzene rings is 2. The van der Waals surface area contributed by atoms with Gasteiger partial charge in [-0.3, -0.25) is 15.0 Å². The molecule has 156 valence electrons. The summed E-state index contributed by atoms with van der Waals surface area (Å²) >= 11 is 16.7. The molecule has 2 amide bonds. The van der Waals surface area contributed by atoms with Gasteiger partial charge in [0.15, 0.2) is 10.2 Å². The van der Waals surface area contributed by atoms with E-state index in [4.69, 9.17) is 36.0 Å². The molecule has 8 nitrogen and oxygen atoms in total. The lowest BCUT2D eigenvalue weighted by Gasteiger charge is -2.44. The number of hydrogen-bond donors (Lipinski definition) is 5. The minimum absolute atomic E-state index is 0.219. The van der Waals surface area contributed by atoms with Crippen LogP contribution < -0.4 is 31.7 Å². The van der Waals surface area contributed by atoms with Crippen molar-refractivity contribution in [3.63, 3.8) is 0 Å². The summed E-state index contributed by atoms with van der Waals surface area (Å²) in [6.07, 6.45) is 0. The first kappa shape index (κ1) is 19.9. The first-order chi connectivity index (χ1) is 14.9. The van der Waals surface area contributed by atoms with E-state index in [0.29, 0.717) is 22.0 Å². The Labute approximate surface area is 193 Å². The second kappa shape index (κ2) is 7.27. The summed E-state index contributed by atoms with van der Waals surface area (Å²) in [7, 11) is 0. The highest BCUT2D eigenvalue weighted by Crippen LogP contribution is 2.38. The first-order valence-electron chi connectivity index (χ1n) is 9.27. The van der Waals surface area contributed by atoms with Gasteiger partial charge in [0.2, 0.25) is 5.66 Å². The number of hydrazine groups is 1. The number of nitrogens with zero attached hydrogens (tertiary/aromatic N) is 1. The third kappa shape index (κ3) is 3.07. The highest BCUT2D eigenvalue weighted by atomic mass is 35.5. The van der Waals surface area contributed by atoms with Gasteiger partial charge < -0.3 is 16.0 Å². The zero-order chi connectivity index (χ0) is 21.8. The lowest BCUT2D eigenvalue weighted by atomic mass is 9.85. The molecular formula is C20H15ClN6O2S2. The van der Waals surface area contributed by atoms with Gasteiger partial charge in [0.25, 0.3) is 11.8 Å². The van der Waals surface area contributed by atoms with E-state index >= 15 is 0 Å². The van der Waals surface area contributed by atoms with Gasteiger partial charge in [-0.1, -0.05) is 41.9 Å². The van der Waals surface area contributed by atoms with E-state index in [2.05, 4.69) is 26.8 Å². The van der Waals surface area contributed by atoms with Gasteiger partial charge in [-0.2, -0.15) is 5.43 Å². The molecule has 0 aromatic heterocycles. The molecule has 3 aliphatic rings. The van der Waals surface area contributed by atoms with Gasteiger partial charge in [0.05, 0.1) is 23.0 Å². The maximum Gasteiger partial charge on any atom is 0.282 e. The van der Waals surface area contributed by atoms with Crippen molar-refractivity contribution in [3.8, 4) is 0 Å². The van der Waals surface area contributed by atoms with E-state index in [-0.39, 0.29) is 10.2 Å². The third-order valence-electron chi connectivity index (χ3n) is 5.29. The number of nitrogens with one attached hydrogen (secondary N) is 5. The number of para-hydroxylation sites is 1. The zero-order valence-electron chi connectivity index (χ0n) is 15.7. The van der Waals surface area contributed by atoms with Gasteiger partial charge >= 0.3 is 0 Å². The normalized spacial score (nSPS) is 25.1. The molecule has 1 saturated heterocycles. The number of hydrogen-bond acceptors (Lipinski definition) is 5. The van der Waals surface area contributed by atoms with Crippen LogP contribution in [0.1, 0.15) is 11.6 Å². The van der Waals surface area contributed by atoms with Crippen molar-refractivity contribution in [3.05, 3.63) is 76.5 Å². The van der Waals surface area contributed by atoms with Crippen molar-refractivity contribution >= 4 is 63.8 Å². The number of amides is 2. The molecule has 2 unspecified atom stereocenters. The van der Waals surface area contributed by atoms with Crippen LogP contribution in [0.25, 0.3) is 0 Å². The van der Waals surface area contributed by atoms with Gasteiger partial charge in [-0.05, 0) is 54.3 Å². The molecule has 1 fully saturated rings. The van der Waals surface area contributed by atoms with Crippen LogP contribution in [-0.4, -0.2) is 27.7 Å². The standard InChI is InChI=1S/C20H15ClN6O2S2/c21-11-8-6-10(7-9-11)14-13-15(23-18(30)22-14)20(24-19(31)25-26-20)17(29)27(16(13)28)12-4-2-1-3-5-12/h1-9,14,26H,(H2,22,23,30)(H2,24,25,31). The smallest absolute Gasteiger partial charge is 0.282 e. The van der Waals surface area contributed by atoms with Crippen LogP contribution in [0.2, 0.25) is 5.02 Å². The maximum absolute atomic E-state index is 13.7. The molecular weight excluding hydrogens is 456 g/mol. The molecule has 2 aromatic rings. The van der Waals surface area contributed by atoms with E-state index < -0.39 is 23.5 Å². The number of imide groups is 1. The van der Waals surface area contributed by atoms with Crippen molar-refractivity contribution < 1.29 is 9.59 Å². The Morgan fingerprint density at radius 3 is 2.32 bits per heavy atom. The van der Waals surface area contributed by atoms with Crippen LogP contribution in [-0.2, 0) is 9.59 Å². The summed E-state index contributed by atoms with van der Waals surface area (Å²) in [6, 6.07) is 15.2. The van der Waals surface area contributed by atoms with Crippen molar-refractivity contribution in [2.45, 2.75) is 11.7 Å². The maximum atomic E-state index is 13.7. The van der Waals surface area contributed by atoms with Gasteiger partial charge in [0, 0.05) is 5.02 Å². The SMILES string of the molecule is O=C1C2=C(NC(=S)NC2c2ccc(Cl)cc2)C2(NNC(=S)N2)C(=O)N1c1ccccc1. The summed E-state index contributed by atoms with van der Waals surface area (Å²) in [5, 5.41) is 10.2. The van der Waals surface area contributed by atoms with Crippen molar-refractivity contribution in [2.75, 3.05) is 4.90 Å². The summed E-state index contributed by atoms with van der Waals surface area (Å²) in [4.78, 5) is 28.6. The lowest BCUT2D eigenvalue weighted by molar-refractivity contribution is -0.130. The van der Waals surface area contributed by atoms with E-state index in [9.17, 15) is 9.59 Å². The molecule has 3 heterocycles. The van der Waals surface area contributed by atoms with Crippen molar-refractivity contribution in [1.29, 1.82) is 0 Å². The molecule has 2 aromatic carbocycles. The fraction of sp³-hybridized carbons (Fsp3) is 0.100. The van der Waals surface area contributed by atoms with E-state index in [0.717, 1.165) is 10.5 Å². The van der Waals surface area contributed by atoms with E-state index in [1.807, 2.05) is 6.07 Å². The van der Waals surface area contributed by atoms with Gasteiger partial charge in [-0.15, -0.1) is 0 Å². The molecule has 31 heavy (non-hydrogen) atoms. The van der Waals surface area contributed by atoms with Crippen molar-refractivity contribution in [1.82, 2.24) is 26.8 Å². The molecule has 0 radical (unpaired) electrons. The second-order valence-corrected chi connectivity index (χ2v) is 8.36. The second-order valence-electron chi connectivity index (χ2n) is 7.11. The fourth-order valence-corrected chi connectivity index (χ4v) is 4.46. The minimum Gasteiger partial charge on any atom is -0.351 e. The summed E-state index contributed by atoms with van der Waals surface area (Å²) < 4.78 is 0. The monoisotopic (exact) mass is 470 g/mol. The highest BCUT2D eigenvalue weighted by molar-refractivity contribution is 7.80. The van der Waals surface area contributed by atoms with Gasteiger partial charge in [0.1, 0.15) is 0 Å². The molecule has 5 N–H and O–H groups in total. The number of halogens is 1. The van der Waals surface area contributed by atoms with Crippen LogP contribution in [0.4, 0.5) is 5.69 Å². The number of carbonyl (C=O) groups is 2. The van der Waals surface area contributed by atoms with Crippen LogP contribution in [0.3, 0.4) is 0 Å². The molecule has 1 spiro atoms. The summed E-state index contributed by atoms with van der Waals surface area (Å²) in [6.45, 7) is 0. The Balaban J connectivity index is 1.74. The Bertz CT molecular complexity index is 1170. The lowest BCUT2D eigenvalue weighted by Crippen LogP contribution is -2.72. The number of rotatable bonds is 2. The number of anilines is 1. The van der Waals surface area contributed by atoms with Crippen LogP contribution in [0, 0.1) is 0 Å². The Morgan fingerprint density at radius 1 is 0.968 bits per heavy atom. The van der Waals surface area contributed by atoms with Gasteiger partial charge in [-0.25, -0.2) is 4.90 Å². The molecule has 0 aliphatic carbocycles. The van der Waals surface area contributed by atoms with Crippen LogP contribution >= 0.6 is 36.0 Å². The highest BCUT2D eigenvalue weighted by Gasteiger charge is 2.58. The molecule has 2 atom stereocenters. The quantitative estimate of drug-likeness (QED) is 0.329. The molecule has 5 rings (SSSR count). The average Bonchev–Trinajstić information content (AvgIpc) is 3.16. The van der Waals surface area contributed by atoms with Crippen molar-refractivity contribution in [2.24, 2.45) is 0 Å². The first-order valence-corrected chi connectivity index (χ1v) is 10.5. The predicted octanol–water partition coefficient (Wildman–Crippen LogP) is 1.36.